The van der Waals surface area contributed by atoms with Gasteiger partial charge >= 0.3 is 5.97 Å². The topological polar surface area (TPSA) is 91.8 Å². The minimum atomic E-state index is -3.70. The molecule has 7 nitrogen and oxygen atoms in total. The van der Waals surface area contributed by atoms with E-state index in [-0.39, 0.29) is 16.7 Å². The second-order valence-electron chi connectivity index (χ2n) is 7.07. The van der Waals surface area contributed by atoms with Gasteiger partial charge in [0, 0.05) is 6.20 Å². The Morgan fingerprint density at radius 1 is 1.00 bits per heavy atom. The van der Waals surface area contributed by atoms with Gasteiger partial charge in [-0.2, -0.15) is 0 Å². The van der Waals surface area contributed by atoms with E-state index in [0.29, 0.717) is 22.1 Å². The van der Waals surface area contributed by atoms with Gasteiger partial charge in [0.15, 0.2) is 21.4 Å². The van der Waals surface area contributed by atoms with Crippen LogP contribution in [0, 0.1) is 0 Å². The normalized spacial score (nSPS) is 13.1. The lowest BCUT2D eigenvalue weighted by atomic mass is 10.2. The fourth-order valence-electron chi connectivity index (χ4n) is 2.68. The second-order valence-corrected chi connectivity index (χ2v) is 10.2. The molecule has 3 rings (SSSR count). The second kappa shape index (κ2) is 10.9. The molecule has 0 fully saturated rings. The number of sulfone groups is 1. The van der Waals surface area contributed by atoms with Crippen molar-refractivity contribution >= 4 is 39.0 Å². The predicted octanol–water partition coefficient (Wildman–Crippen LogP) is 5.45. The van der Waals surface area contributed by atoms with Crippen molar-refractivity contribution in [1.29, 1.82) is 0 Å². The number of hydrogen-bond donors (Lipinski definition) is 0. The minimum absolute atomic E-state index is 0.192. The van der Waals surface area contributed by atoms with E-state index < -0.39 is 27.3 Å². The highest BCUT2D eigenvalue weighted by atomic mass is 35.5. The van der Waals surface area contributed by atoms with Gasteiger partial charge in [0.1, 0.15) is 16.5 Å². The Morgan fingerprint density at radius 2 is 1.64 bits per heavy atom. The fraction of sp³-hybridized carbons (Fsp3) is 0.217. The van der Waals surface area contributed by atoms with Crippen LogP contribution in [0.1, 0.15) is 19.4 Å². The molecule has 0 N–H and O–H groups in total. The van der Waals surface area contributed by atoms with E-state index in [9.17, 15) is 13.2 Å². The van der Waals surface area contributed by atoms with Crippen LogP contribution in [0.25, 0.3) is 0 Å². The van der Waals surface area contributed by atoms with Crippen molar-refractivity contribution in [2.75, 3.05) is 0 Å². The molecule has 0 aliphatic carbocycles. The van der Waals surface area contributed by atoms with Crippen LogP contribution < -0.4 is 9.47 Å². The van der Waals surface area contributed by atoms with Crippen LogP contribution in [0.15, 0.2) is 66.9 Å². The van der Waals surface area contributed by atoms with Gasteiger partial charge in [-0.3, -0.25) is 0 Å². The molecular formula is C23H21Cl2NO6S. The zero-order valence-corrected chi connectivity index (χ0v) is 20.1. The average Bonchev–Trinajstić information content (AvgIpc) is 2.77. The standard InChI is InChI=1S/C23H21Cl2NO6S/c1-15(23(27)31-16(2)33(28,29)14-17-6-4-3-5-7-17)30-19-8-10-20(11-9-19)32-22-21(25)12-18(24)13-26-22/h3-13,15-16H,14H2,1-2H3. The number of carbonyl (C=O) groups is 1. The summed E-state index contributed by atoms with van der Waals surface area (Å²) < 4.78 is 41.3. The minimum Gasteiger partial charge on any atom is -0.479 e. The van der Waals surface area contributed by atoms with E-state index in [1.165, 1.54) is 26.1 Å². The summed E-state index contributed by atoms with van der Waals surface area (Å²) in [5, 5.41) is 0.648. The molecule has 33 heavy (non-hydrogen) atoms. The van der Waals surface area contributed by atoms with Gasteiger partial charge in [0.2, 0.25) is 5.88 Å². The maximum absolute atomic E-state index is 12.5. The molecule has 174 valence electrons. The summed E-state index contributed by atoms with van der Waals surface area (Å²) in [6.07, 6.45) is 0.382. The van der Waals surface area contributed by atoms with E-state index in [2.05, 4.69) is 4.98 Å². The first-order chi connectivity index (χ1) is 15.6. The first kappa shape index (κ1) is 24.8. The zero-order chi connectivity index (χ0) is 24.0. The van der Waals surface area contributed by atoms with Gasteiger partial charge in [-0.1, -0.05) is 53.5 Å². The Labute approximate surface area is 202 Å². The number of ether oxygens (including phenoxy) is 3. The van der Waals surface area contributed by atoms with Crippen molar-refractivity contribution in [1.82, 2.24) is 4.98 Å². The maximum atomic E-state index is 12.5. The number of hydrogen-bond acceptors (Lipinski definition) is 7. The highest BCUT2D eigenvalue weighted by Crippen LogP contribution is 2.30. The van der Waals surface area contributed by atoms with Crippen molar-refractivity contribution < 1.29 is 27.4 Å². The van der Waals surface area contributed by atoms with Gasteiger partial charge in [-0.15, -0.1) is 0 Å². The Balaban J connectivity index is 1.55. The lowest BCUT2D eigenvalue weighted by Crippen LogP contribution is -2.33. The van der Waals surface area contributed by atoms with Crippen LogP contribution in [0.3, 0.4) is 0 Å². The summed E-state index contributed by atoms with van der Waals surface area (Å²) in [7, 11) is -3.70. The first-order valence-corrected chi connectivity index (χ1v) is 12.3. The number of nitrogens with zero attached hydrogens (tertiary/aromatic N) is 1. The summed E-state index contributed by atoms with van der Waals surface area (Å²) >= 11 is 11.9. The number of benzene rings is 2. The summed E-state index contributed by atoms with van der Waals surface area (Å²) in [6.45, 7) is 2.80. The highest BCUT2D eigenvalue weighted by molar-refractivity contribution is 7.91. The molecule has 1 heterocycles. The van der Waals surface area contributed by atoms with Crippen LogP contribution in [0.5, 0.6) is 17.4 Å². The lowest BCUT2D eigenvalue weighted by molar-refractivity contribution is -0.152. The Kier molecular flexibility index (Phi) is 8.18. The molecule has 2 aromatic carbocycles. The number of carbonyl (C=O) groups excluding carboxylic acids is 1. The third-order valence-electron chi connectivity index (χ3n) is 4.46. The smallest absolute Gasteiger partial charge is 0.348 e. The summed E-state index contributed by atoms with van der Waals surface area (Å²) in [5.74, 6) is -0.0310. The van der Waals surface area contributed by atoms with Gasteiger partial charge in [0.25, 0.3) is 0 Å². The Hall–Kier alpha value is -2.81. The van der Waals surface area contributed by atoms with E-state index in [1.807, 2.05) is 0 Å². The molecule has 0 saturated carbocycles. The van der Waals surface area contributed by atoms with E-state index in [4.69, 9.17) is 37.4 Å². The molecule has 0 radical (unpaired) electrons. The third kappa shape index (κ3) is 7.08. The van der Waals surface area contributed by atoms with Crippen LogP contribution in [0.2, 0.25) is 10.0 Å². The Bertz CT molecular complexity index is 1200. The third-order valence-corrected chi connectivity index (χ3v) is 6.78. The number of aromatic nitrogens is 1. The van der Waals surface area contributed by atoms with Crippen LogP contribution in [0.4, 0.5) is 0 Å². The van der Waals surface area contributed by atoms with Crippen molar-refractivity contribution in [3.8, 4) is 17.4 Å². The van der Waals surface area contributed by atoms with Crippen molar-refractivity contribution in [2.24, 2.45) is 0 Å². The molecule has 0 spiro atoms. The van der Waals surface area contributed by atoms with Gasteiger partial charge in [-0.25, -0.2) is 18.2 Å². The summed E-state index contributed by atoms with van der Waals surface area (Å²) in [5.41, 5.74) is -0.703. The monoisotopic (exact) mass is 509 g/mol. The molecule has 3 aromatic rings. The quantitative estimate of drug-likeness (QED) is 0.354. The molecule has 0 amide bonds. The molecule has 2 unspecified atom stereocenters. The Morgan fingerprint density at radius 3 is 2.27 bits per heavy atom. The summed E-state index contributed by atoms with van der Waals surface area (Å²) in [6, 6.07) is 16.6. The van der Waals surface area contributed by atoms with Crippen LogP contribution in [-0.2, 0) is 25.1 Å². The van der Waals surface area contributed by atoms with E-state index >= 15 is 0 Å². The maximum Gasteiger partial charge on any atom is 0.348 e. The molecule has 0 aliphatic rings. The average molecular weight is 510 g/mol. The largest absolute Gasteiger partial charge is 0.479 e. The lowest BCUT2D eigenvalue weighted by Gasteiger charge is -2.18. The van der Waals surface area contributed by atoms with Gasteiger partial charge < -0.3 is 14.2 Å². The number of pyridine rings is 1. The van der Waals surface area contributed by atoms with Crippen LogP contribution >= 0.6 is 23.2 Å². The van der Waals surface area contributed by atoms with Crippen molar-refractivity contribution in [3.05, 3.63) is 82.5 Å². The zero-order valence-electron chi connectivity index (χ0n) is 17.8. The molecule has 10 heteroatoms. The SMILES string of the molecule is CC(Oc1ccc(Oc2ncc(Cl)cc2Cl)cc1)C(=O)OC(C)S(=O)(=O)Cc1ccccc1. The molecule has 0 aliphatic heterocycles. The predicted molar refractivity (Wildman–Crippen MR) is 125 cm³/mol. The summed E-state index contributed by atoms with van der Waals surface area (Å²) in [4.78, 5) is 16.4. The fourth-order valence-corrected chi connectivity index (χ4v) is 4.24. The molecular weight excluding hydrogens is 489 g/mol. The first-order valence-electron chi connectivity index (χ1n) is 9.85. The molecule has 2 atom stereocenters. The number of esters is 1. The molecule has 0 bridgehead atoms. The molecule has 1 aromatic heterocycles. The number of rotatable bonds is 9. The number of halogens is 2. The molecule has 0 saturated heterocycles. The van der Waals surface area contributed by atoms with E-state index in [1.54, 1.807) is 54.6 Å². The highest BCUT2D eigenvalue weighted by Gasteiger charge is 2.28. The van der Waals surface area contributed by atoms with Crippen molar-refractivity contribution in [2.45, 2.75) is 31.1 Å². The van der Waals surface area contributed by atoms with Gasteiger partial charge in [-0.05, 0) is 49.7 Å². The van der Waals surface area contributed by atoms with Crippen molar-refractivity contribution in [3.63, 3.8) is 0 Å². The van der Waals surface area contributed by atoms with Crippen LogP contribution in [-0.4, -0.2) is 30.9 Å². The van der Waals surface area contributed by atoms with Gasteiger partial charge in [0.05, 0.1) is 10.8 Å². The van der Waals surface area contributed by atoms with E-state index in [0.717, 1.165) is 0 Å².